The summed E-state index contributed by atoms with van der Waals surface area (Å²) in [5.41, 5.74) is 3.59. The first-order chi connectivity index (χ1) is 16.5. The molecular formula is C27H27F3N2O3. The van der Waals surface area contributed by atoms with Gasteiger partial charge in [-0.15, -0.1) is 0 Å². The number of halogens is 3. The number of nitrogens with zero attached hydrogens (tertiary/aromatic N) is 1. The molecule has 0 bridgehead atoms. The first kappa shape index (κ1) is 24.6. The fourth-order valence-electron chi connectivity index (χ4n) is 4.90. The van der Waals surface area contributed by atoms with E-state index in [1.165, 1.54) is 19.2 Å². The zero-order valence-electron chi connectivity index (χ0n) is 20.0. The van der Waals surface area contributed by atoms with E-state index in [4.69, 9.17) is 4.74 Å². The molecule has 0 radical (unpaired) electrons. The number of hydrogen-bond acceptors (Lipinski definition) is 5. The average Bonchev–Trinajstić information content (AvgIpc) is 2.82. The summed E-state index contributed by atoms with van der Waals surface area (Å²) in [4.78, 5) is 28.2. The predicted octanol–water partition coefficient (Wildman–Crippen LogP) is 5.31. The summed E-state index contributed by atoms with van der Waals surface area (Å²) in [5, 5.41) is 3.23. The molecule has 2 aliphatic rings. The number of Topliss-reactive ketones (excluding diaryl/α,β-unsaturated/α-hetero) is 1. The number of hydrogen-bond donors (Lipinski definition) is 1. The van der Waals surface area contributed by atoms with Crippen LogP contribution in [-0.2, 0) is 20.5 Å². The molecule has 0 unspecified atom stereocenters. The molecule has 0 fully saturated rings. The smallest absolute Gasteiger partial charge is 0.416 e. The highest BCUT2D eigenvalue weighted by molar-refractivity contribution is 6.04. The zero-order chi connectivity index (χ0) is 25.5. The molecule has 0 saturated carbocycles. The van der Waals surface area contributed by atoms with Gasteiger partial charge in [0.05, 0.1) is 18.2 Å². The number of alkyl halides is 3. The normalized spacial score (nSPS) is 20.4. The van der Waals surface area contributed by atoms with E-state index < -0.39 is 23.6 Å². The van der Waals surface area contributed by atoms with Crippen molar-refractivity contribution >= 4 is 17.4 Å². The van der Waals surface area contributed by atoms with Crippen LogP contribution in [0.1, 0.15) is 48.3 Å². The average molecular weight is 485 g/mol. The quantitative estimate of drug-likeness (QED) is 0.597. The van der Waals surface area contributed by atoms with Crippen molar-refractivity contribution in [1.29, 1.82) is 0 Å². The summed E-state index contributed by atoms with van der Waals surface area (Å²) in [6, 6.07) is 12.6. The van der Waals surface area contributed by atoms with Crippen LogP contribution < -0.4 is 10.2 Å². The van der Waals surface area contributed by atoms with Crippen molar-refractivity contribution in [2.45, 2.75) is 37.8 Å². The molecule has 35 heavy (non-hydrogen) atoms. The van der Waals surface area contributed by atoms with Crippen molar-refractivity contribution < 1.29 is 27.5 Å². The lowest BCUT2D eigenvalue weighted by molar-refractivity contribution is -0.138. The molecule has 2 atom stereocenters. The van der Waals surface area contributed by atoms with Crippen molar-refractivity contribution in [1.82, 2.24) is 5.32 Å². The van der Waals surface area contributed by atoms with Gasteiger partial charge in [0.1, 0.15) is 0 Å². The van der Waals surface area contributed by atoms with Gasteiger partial charge in [-0.05, 0) is 54.7 Å². The third kappa shape index (κ3) is 4.70. The summed E-state index contributed by atoms with van der Waals surface area (Å²) in [6.07, 6.45) is -3.69. The van der Waals surface area contributed by atoms with Crippen LogP contribution in [0.15, 0.2) is 71.1 Å². The Morgan fingerprint density at radius 1 is 1.00 bits per heavy atom. The molecule has 4 rings (SSSR count). The van der Waals surface area contributed by atoms with Crippen LogP contribution in [0, 0.1) is 0 Å². The Balaban J connectivity index is 1.75. The highest BCUT2D eigenvalue weighted by Crippen LogP contribution is 2.46. The summed E-state index contributed by atoms with van der Waals surface area (Å²) in [5.74, 6) is -1.61. The minimum absolute atomic E-state index is 0.0503. The molecule has 0 spiro atoms. The van der Waals surface area contributed by atoms with Crippen LogP contribution in [0.2, 0.25) is 0 Å². The van der Waals surface area contributed by atoms with Gasteiger partial charge in [-0.2, -0.15) is 13.2 Å². The van der Waals surface area contributed by atoms with Crippen LogP contribution in [0.5, 0.6) is 0 Å². The maximum Gasteiger partial charge on any atom is 0.416 e. The molecule has 2 aromatic rings. The Bertz CT molecular complexity index is 1210. The van der Waals surface area contributed by atoms with Gasteiger partial charge in [-0.3, -0.25) is 4.79 Å². The third-order valence-electron chi connectivity index (χ3n) is 6.69. The molecule has 1 heterocycles. The van der Waals surface area contributed by atoms with E-state index in [2.05, 4.69) is 5.32 Å². The number of ketones is 1. The molecule has 8 heteroatoms. The number of esters is 1. The molecule has 1 aliphatic carbocycles. The van der Waals surface area contributed by atoms with Crippen molar-refractivity contribution in [3.63, 3.8) is 0 Å². The standard InChI is InChI=1S/C27H27F3N2O3/c1-15-23(26(34)35-4)24(17-5-9-19(10-6-17)27(28,29)30)25-21(31-15)13-18(14-22(25)33)16-7-11-20(12-8-16)32(2)3/h5-12,18,24,31H,13-14H2,1-4H3/t18-,24+/m0/s1. The largest absolute Gasteiger partial charge is 0.466 e. The number of carbonyl (C=O) groups is 2. The Labute approximate surface area is 202 Å². The fourth-order valence-corrected chi connectivity index (χ4v) is 4.90. The monoisotopic (exact) mass is 484 g/mol. The Hall–Kier alpha value is -3.55. The lowest BCUT2D eigenvalue weighted by Gasteiger charge is -2.36. The van der Waals surface area contributed by atoms with Gasteiger partial charge in [0.2, 0.25) is 0 Å². The maximum atomic E-state index is 13.5. The first-order valence-electron chi connectivity index (χ1n) is 11.3. The molecule has 1 aliphatic heterocycles. The highest BCUT2D eigenvalue weighted by atomic mass is 19.4. The number of allylic oxidation sites excluding steroid dienone is 3. The van der Waals surface area contributed by atoms with Gasteiger partial charge < -0.3 is 15.0 Å². The van der Waals surface area contributed by atoms with Crippen LogP contribution in [0.3, 0.4) is 0 Å². The molecular weight excluding hydrogens is 457 g/mol. The maximum absolute atomic E-state index is 13.5. The molecule has 0 aromatic heterocycles. The minimum Gasteiger partial charge on any atom is -0.466 e. The summed E-state index contributed by atoms with van der Waals surface area (Å²) in [6.45, 7) is 1.72. The van der Waals surface area contributed by atoms with Gasteiger partial charge >= 0.3 is 12.1 Å². The van der Waals surface area contributed by atoms with Crippen LogP contribution in [-0.4, -0.2) is 33.0 Å². The van der Waals surface area contributed by atoms with Gasteiger partial charge in [0.25, 0.3) is 0 Å². The number of nitrogens with one attached hydrogen (secondary N) is 1. The number of carbonyl (C=O) groups excluding carboxylic acids is 2. The third-order valence-corrected chi connectivity index (χ3v) is 6.69. The molecule has 2 aromatic carbocycles. The number of anilines is 1. The van der Waals surface area contributed by atoms with E-state index in [1.54, 1.807) is 6.92 Å². The molecule has 0 amide bonds. The minimum atomic E-state index is -4.48. The summed E-state index contributed by atoms with van der Waals surface area (Å²) in [7, 11) is 5.15. The molecule has 1 N–H and O–H groups in total. The number of rotatable bonds is 4. The van der Waals surface area contributed by atoms with E-state index in [-0.39, 0.29) is 23.7 Å². The predicted molar refractivity (Wildman–Crippen MR) is 127 cm³/mol. The Morgan fingerprint density at radius 3 is 2.14 bits per heavy atom. The molecule has 5 nitrogen and oxygen atoms in total. The Kier molecular flexibility index (Phi) is 6.49. The Morgan fingerprint density at radius 2 is 1.60 bits per heavy atom. The lowest BCUT2D eigenvalue weighted by atomic mass is 9.71. The molecule has 0 saturated heterocycles. The van der Waals surface area contributed by atoms with Crippen molar-refractivity contribution in [3.05, 3.63) is 87.8 Å². The number of ether oxygens (including phenoxy) is 1. The van der Waals surface area contributed by atoms with Gasteiger partial charge in [0.15, 0.2) is 5.78 Å². The van der Waals surface area contributed by atoms with E-state index in [1.807, 2.05) is 43.3 Å². The van der Waals surface area contributed by atoms with Crippen molar-refractivity contribution in [2.75, 3.05) is 26.1 Å². The summed E-state index contributed by atoms with van der Waals surface area (Å²) < 4.78 is 44.4. The summed E-state index contributed by atoms with van der Waals surface area (Å²) >= 11 is 0. The fraction of sp³-hybridized carbons (Fsp3) is 0.333. The van der Waals surface area contributed by atoms with E-state index in [9.17, 15) is 22.8 Å². The van der Waals surface area contributed by atoms with Crippen LogP contribution >= 0.6 is 0 Å². The molecule has 184 valence electrons. The van der Waals surface area contributed by atoms with E-state index in [0.29, 0.717) is 29.0 Å². The number of methoxy groups -OCH3 is 1. The lowest BCUT2D eigenvalue weighted by Crippen LogP contribution is -2.36. The second kappa shape index (κ2) is 9.24. The second-order valence-corrected chi connectivity index (χ2v) is 9.11. The number of benzene rings is 2. The zero-order valence-corrected chi connectivity index (χ0v) is 20.0. The van der Waals surface area contributed by atoms with Crippen LogP contribution in [0.25, 0.3) is 0 Å². The van der Waals surface area contributed by atoms with Gasteiger partial charge in [0, 0.05) is 49.1 Å². The topological polar surface area (TPSA) is 58.6 Å². The first-order valence-corrected chi connectivity index (χ1v) is 11.3. The van der Waals surface area contributed by atoms with Gasteiger partial charge in [-0.1, -0.05) is 24.3 Å². The van der Waals surface area contributed by atoms with Crippen molar-refractivity contribution in [3.8, 4) is 0 Å². The van der Waals surface area contributed by atoms with Gasteiger partial charge in [-0.25, -0.2) is 4.79 Å². The second-order valence-electron chi connectivity index (χ2n) is 9.11. The van der Waals surface area contributed by atoms with E-state index in [0.717, 1.165) is 23.4 Å². The highest BCUT2D eigenvalue weighted by Gasteiger charge is 2.41. The van der Waals surface area contributed by atoms with Crippen molar-refractivity contribution in [2.24, 2.45) is 0 Å². The van der Waals surface area contributed by atoms with E-state index >= 15 is 0 Å². The van der Waals surface area contributed by atoms with Crippen LogP contribution in [0.4, 0.5) is 18.9 Å². The SMILES string of the molecule is COC(=O)C1=C(C)NC2=C(C(=O)C[C@@H](c3ccc(N(C)C)cc3)C2)[C@@H]1c1ccc(C(F)(F)F)cc1. The number of dihydropyridines is 1.